The summed E-state index contributed by atoms with van der Waals surface area (Å²) < 4.78 is 15.6. The lowest BCUT2D eigenvalue weighted by Crippen LogP contribution is -2.41. The van der Waals surface area contributed by atoms with Crippen molar-refractivity contribution in [1.82, 2.24) is 34.5 Å². The first-order chi connectivity index (χ1) is 17.3. The summed E-state index contributed by atoms with van der Waals surface area (Å²) in [6.07, 6.45) is 6.67. The van der Waals surface area contributed by atoms with E-state index < -0.39 is 11.4 Å². The number of aromatic amines is 1. The molecular weight excluding hydrogens is 485 g/mol. The van der Waals surface area contributed by atoms with E-state index in [-0.39, 0.29) is 23.4 Å². The van der Waals surface area contributed by atoms with E-state index in [4.69, 9.17) is 11.6 Å². The number of nitrogens with one attached hydrogen (secondary N) is 1. The molecule has 36 heavy (non-hydrogen) atoms. The molecule has 6 rings (SSSR count). The number of hydrogen-bond acceptors (Lipinski definition) is 5. The minimum absolute atomic E-state index is 0.0121. The van der Waals surface area contributed by atoms with E-state index in [1.807, 2.05) is 6.92 Å². The van der Waals surface area contributed by atoms with Crippen LogP contribution in [0, 0.1) is 12.7 Å². The van der Waals surface area contributed by atoms with Crippen LogP contribution in [0.3, 0.4) is 0 Å². The predicted octanol–water partition coefficient (Wildman–Crippen LogP) is 3.67. The van der Waals surface area contributed by atoms with Crippen LogP contribution in [0.1, 0.15) is 50.8 Å². The molecule has 9 nitrogen and oxygen atoms in total. The van der Waals surface area contributed by atoms with Crippen LogP contribution in [0.15, 0.2) is 36.8 Å². The Morgan fingerprint density at radius 3 is 2.61 bits per heavy atom. The molecule has 1 N–H and O–H groups in total. The summed E-state index contributed by atoms with van der Waals surface area (Å²) in [6, 6.07) is 4.38. The van der Waals surface area contributed by atoms with Crippen LogP contribution < -0.4 is 0 Å². The number of halogens is 2. The zero-order valence-corrected chi connectivity index (χ0v) is 20.5. The van der Waals surface area contributed by atoms with Gasteiger partial charge in [-0.05, 0) is 43.5 Å². The van der Waals surface area contributed by atoms with Gasteiger partial charge in [-0.2, -0.15) is 5.10 Å². The summed E-state index contributed by atoms with van der Waals surface area (Å²) >= 11 is 5.88. The number of carbonyl (C=O) groups excluding carboxylic acids is 2. The summed E-state index contributed by atoms with van der Waals surface area (Å²) in [5.41, 5.74) is 2.48. The number of fused-ring (bicyclic) bond motifs is 2. The fourth-order valence-corrected chi connectivity index (χ4v) is 5.01. The van der Waals surface area contributed by atoms with Crippen LogP contribution in [0.5, 0.6) is 0 Å². The third-order valence-electron chi connectivity index (χ3n) is 7.15. The second-order valence-electron chi connectivity index (χ2n) is 9.47. The zero-order chi connectivity index (χ0) is 25.2. The summed E-state index contributed by atoms with van der Waals surface area (Å²) in [4.78, 5) is 42.2. The molecule has 1 fully saturated rings. The molecular formula is C25H23ClFN7O2. The van der Waals surface area contributed by atoms with Crippen molar-refractivity contribution in [2.24, 2.45) is 0 Å². The fraction of sp³-hybridized carbons (Fsp3) is 0.320. The van der Waals surface area contributed by atoms with Crippen molar-refractivity contribution in [3.8, 4) is 0 Å². The lowest BCUT2D eigenvalue weighted by Gasteiger charge is -2.30. The average molecular weight is 508 g/mol. The highest BCUT2D eigenvalue weighted by Gasteiger charge is 2.53. The van der Waals surface area contributed by atoms with Crippen LogP contribution in [-0.4, -0.2) is 59.9 Å². The Balaban J connectivity index is 1.25. The average Bonchev–Trinajstić information content (AvgIpc) is 3.42. The van der Waals surface area contributed by atoms with Crippen LogP contribution in [0.25, 0.3) is 10.9 Å². The monoisotopic (exact) mass is 507 g/mol. The van der Waals surface area contributed by atoms with E-state index >= 15 is 0 Å². The molecule has 11 heteroatoms. The number of benzene rings is 1. The standard InChI is InChI=1S/C25H23ClFN7O2/c1-14-10-28-24(29-11-14)25(3-4-25)32(2)22(35)16-12-30-34-6-5-33(13-21(16)34)23(36)20-8-15-7-18(27)17(26)9-19(15)31-20/h7-12,31H,3-6,13H2,1-2H3. The first-order valence-electron chi connectivity index (χ1n) is 11.7. The molecule has 2 amide bonds. The fourth-order valence-electron chi connectivity index (χ4n) is 4.84. The highest BCUT2D eigenvalue weighted by Crippen LogP contribution is 2.49. The van der Waals surface area contributed by atoms with Crippen molar-refractivity contribution < 1.29 is 14.0 Å². The third-order valence-corrected chi connectivity index (χ3v) is 7.44. The van der Waals surface area contributed by atoms with Crippen LogP contribution in [-0.2, 0) is 18.6 Å². The van der Waals surface area contributed by atoms with Gasteiger partial charge < -0.3 is 14.8 Å². The first kappa shape index (κ1) is 22.7. The maximum atomic E-state index is 13.8. The summed E-state index contributed by atoms with van der Waals surface area (Å²) in [5.74, 6) is -0.325. The lowest BCUT2D eigenvalue weighted by atomic mass is 10.1. The Hall–Kier alpha value is -3.79. The van der Waals surface area contributed by atoms with Gasteiger partial charge in [-0.1, -0.05) is 11.6 Å². The lowest BCUT2D eigenvalue weighted by molar-refractivity contribution is 0.0665. The molecule has 0 atom stereocenters. The second-order valence-corrected chi connectivity index (χ2v) is 9.88. The maximum Gasteiger partial charge on any atom is 0.270 e. The highest BCUT2D eigenvalue weighted by atomic mass is 35.5. The van der Waals surface area contributed by atoms with Gasteiger partial charge in [0.25, 0.3) is 11.8 Å². The minimum Gasteiger partial charge on any atom is -0.350 e. The van der Waals surface area contributed by atoms with Crippen molar-refractivity contribution in [2.75, 3.05) is 13.6 Å². The Kier molecular flexibility index (Phi) is 5.11. The topological polar surface area (TPSA) is 100 Å². The summed E-state index contributed by atoms with van der Waals surface area (Å²) in [5, 5.41) is 4.95. The molecule has 4 heterocycles. The van der Waals surface area contributed by atoms with Gasteiger partial charge in [0.1, 0.15) is 17.1 Å². The first-order valence-corrected chi connectivity index (χ1v) is 12.0. The normalized spacial score (nSPS) is 16.2. The van der Waals surface area contributed by atoms with Gasteiger partial charge in [-0.3, -0.25) is 14.3 Å². The van der Waals surface area contributed by atoms with Crippen LogP contribution in [0.2, 0.25) is 5.02 Å². The highest BCUT2D eigenvalue weighted by molar-refractivity contribution is 6.31. The van der Waals surface area contributed by atoms with Gasteiger partial charge in [-0.15, -0.1) is 0 Å². The number of aromatic nitrogens is 5. The van der Waals surface area contributed by atoms with Gasteiger partial charge in [0, 0.05) is 36.9 Å². The smallest absolute Gasteiger partial charge is 0.270 e. The number of carbonyl (C=O) groups is 2. The predicted molar refractivity (Wildman–Crippen MR) is 130 cm³/mol. The van der Waals surface area contributed by atoms with Gasteiger partial charge >= 0.3 is 0 Å². The van der Waals surface area contributed by atoms with Crippen molar-refractivity contribution in [2.45, 2.75) is 38.4 Å². The Bertz CT molecular complexity index is 1480. The van der Waals surface area contributed by atoms with E-state index in [0.29, 0.717) is 46.8 Å². The Labute approximate surface area is 210 Å². The zero-order valence-electron chi connectivity index (χ0n) is 19.8. The van der Waals surface area contributed by atoms with Gasteiger partial charge in [0.05, 0.1) is 35.6 Å². The van der Waals surface area contributed by atoms with Crippen molar-refractivity contribution in [3.05, 3.63) is 76.0 Å². The molecule has 1 aliphatic heterocycles. The molecule has 0 unspecified atom stereocenters. The van der Waals surface area contributed by atoms with Crippen LogP contribution in [0.4, 0.5) is 4.39 Å². The van der Waals surface area contributed by atoms with E-state index in [0.717, 1.165) is 18.4 Å². The van der Waals surface area contributed by atoms with Crippen LogP contribution >= 0.6 is 11.6 Å². The van der Waals surface area contributed by atoms with Gasteiger partial charge in [-0.25, -0.2) is 14.4 Å². The van der Waals surface area contributed by atoms with E-state index in [1.165, 1.54) is 12.1 Å². The van der Waals surface area contributed by atoms with Crippen molar-refractivity contribution >= 4 is 34.3 Å². The van der Waals surface area contributed by atoms with E-state index in [1.54, 1.807) is 46.2 Å². The molecule has 0 radical (unpaired) electrons. The SMILES string of the molecule is Cc1cnc(C2(N(C)C(=O)c3cnn4c3CN(C(=O)c3cc5cc(F)c(Cl)cc5[nH]3)CC4)CC2)nc1. The number of H-pyrrole nitrogens is 1. The molecule has 0 bridgehead atoms. The molecule has 1 aliphatic carbocycles. The summed E-state index contributed by atoms with van der Waals surface area (Å²) in [7, 11) is 1.77. The Morgan fingerprint density at radius 2 is 1.89 bits per heavy atom. The number of aryl methyl sites for hydroxylation is 1. The number of hydrogen-bond donors (Lipinski definition) is 1. The largest absolute Gasteiger partial charge is 0.350 e. The third kappa shape index (κ3) is 3.55. The van der Waals surface area contributed by atoms with E-state index in [2.05, 4.69) is 20.1 Å². The molecule has 1 aromatic carbocycles. The molecule has 4 aromatic rings. The van der Waals surface area contributed by atoms with Gasteiger partial charge in [0.15, 0.2) is 5.82 Å². The quantitative estimate of drug-likeness (QED) is 0.454. The molecule has 184 valence electrons. The molecule has 3 aromatic heterocycles. The maximum absolute atomic E-state index is 13.8. The summed E-state index contributed by atoms with van der Waals surface area (Å²) in [6.45, 7) is 3.05. The number of nitrogens with zero attached hydrogens (tertiary/aromatic N) is 6. The second kappa shape index (κ2) is 8.12. The number of rotatable bonds is 4. The minimum atomic E-state index is -0.541. The molecule has 1 saturated carbocycles. The molecule has 0 spiro atoms. The van der Waals surface area contributed by atoms with Gasteiger partial charge in [0.2, 0.25) is 0 Å². The molecule has 0 saturated heterocycles. The Morgan fingerprint density at radius 1 is 1.14 bits per heavy atom. The molecule has 2 aliphatic rings. The van der Waals surface area contributed by atoms with Crippen molar-refractivity contribution in [1.29, 1.82) is 0 Å². The van der Waals surface area contributed by atoms with Crippen molar-refractivity contribution in [3.63, 3.8) is 0 Å². The number of amides is 2. The van der Waals surface area contributed by atoms with E-state index in [9.17, 15) is 14.0 Å².